The molecule has 4 heteroatoms. The van der Waals surface area contributed by atoms with Gasteiger partial charge in [0.05, 0.1) is 4.92 Å². The molecule has 21 heavy (non-hydrogen) atoms. The number of aryl methyl sites for hydroxylation is 3. The molecule has 0 amide bonds. The molecule has 0 bridgehead atoms. The minimum absolute atomic E-state index is 0.136. The fourth-order valence-electron chi connectivity index (χ4n) is 2.33. The Morgan fingerprint density at radius 3 is 2.43 bits per heavy atom. The summed E-state index contributed by atoms with van der Waals surface area (Å²) in [6.45, 7) is 7.71. The molecule has 0 aliphatic rings. The molecule has 0 radical (unpaired) electrons. The van der Waals surface area contributed by atoms with E-state index in [1.807, 2.05) is 6.07 Å². The molecule has 2 aromatic carbocycles. The van der Waals surface area contributed by atoms with E-state index < -0.39 is 0 Å². The second-order valence-corrected chi connectivity index (χ2v) is 5.39. The summed E-state index contributed by atoms with van der Waals surface area (Å²) < 4.78 is 0. The van der Waals surface area contributed by atoms with Crippen molar-refractivity contribution in [3.05, 3.63) is 74.3 Å². The van der Waals surface area contributed by atoms with Gasteiger partial charge in [-0.2, -0.15) is 0 Å². The van der Waals surface area contributed by atoms with Crippen LogP contribution < -0.4 is 5.32 Å². The normalized spacial score (nSPS) is 10.6. The van der Waals surface area contributed by atoms with Crippen LogP contribution in [0.25, 0.3) is 0 Å². The highest BCUT2D eigenvalue weighted by molar-refractivity contribution is 5.37. The van der Waals surface area contributed by atoms with Crippen LogP contribution in [0, 0.1) is 30.9 Å². The quantitative estimate of drug-likeness (QED) is 0.671. The minimum Gasteiger partial charge on any atom is -0.309 e. The van der Waals surface area contributed by atoms with E-state index in [1.165, 1.54) is 28.3 Å². The standard InChI is InChI=1S/C17H20N2O2/c1-12-7-14(3)16(8-13(12)2)11-18-10-15-5-4-6-17(9-15)19(20)21/h4-9,18H,10-11H2,1-3H3. The third-order valence-corrected chi connectivity index (χ3v) is 3.72. The SMILES string of the molecule is Cc1cc(C)c(CNCc2cccc([N+](=O)[O-])c2)cc1C. The summed E-state index contributed by atoms with van der Waals surface area (Å²) in [5.74, 6) is 0. The smallest absolute Gasteiger partial charge is 0.269 e. The molecule has 0 atom stereocenters. The number of hydrogen-bond donors (Lipinski definition) is 1. The van der Waals surface area contributed by atoms with Gasteiger partial charge in [0.15, 0.2) is 0 Å². The zero-order valence-electron chi connectivity index (χ0n) is 12.6. The minimum atomic E-state index is -0.364. The summed E-state index contributed by atoms with van der Waals surface area (Å²) in [5.41, 5.74) is 6.18. The van der Waals surface area contributed by atoms with Crippen molar-refractivity contribution in [3.63, 3.8) is 0 Å². The highest BCUT2D eigenvalue weighted by atomic mass is 16.6. The first kappa shape index (κ1) is 15.2. The lowest BCUT2D eigenvalue weighted by Gasteiger charge is -2.11. The van der Waals surface area contributed by atoms with Crippen molar-refractivity contribution in [2.24, 2.45) is 0 Å². The molecule has 0 saturated carbocycles. The summed E-state index contributed by atoms with van der Waals surface area (Å²) in [7, 11) is 0. The van der Waals surface area contributed by atoms with E-state index in [-0.39, 0.29) is 10.6 Å². The van der Waals surface area contributed by atoms with Gasteiger partial charge in [-0.15, -0.1) is 0 Å². The van der Waals surface area contributed by atoms with E-state index in [1.54, 1.807) is 12.1 Å². The van der Waals surface area contributed by atoms with Gasteiger partial charge in [-0.3, -0.25) is 10.1 Å². The van der Waals surface area contributed by atoms with Crippen molar-refractivity contribution >= 4 is 5.69 Å². The zero-order valence-corrected chi connectivity index (χ0v) is 12.6. The van der Waals surface area contributed by atoms with Gasteiger partial charge in [0.25, 0.3) is 5.69 Å². The van der Waals surface area contributed by atoms with Gasteiger partial charge in [-0.1, -0.05) is 24.3 Å². The van der Waals surface area contributed by atoms with Crippen LogP contribution in [0.5, 0.6) is 0 Å². The fraction of sp³-hybridized carbons (Fsp3) is 0.294. The van der Waals surface area contributed by atoms with Crippen LogP contribution >= 0.6 is 0 Å². The average Bonchev–Trinajstić information content (AvgIpc) is 2.44. The van der Waals surface area contributed by atoms with Gasteiger partial charge in [-0.25, -0.2) is 0 Å². The topological polar surface area (TPSA) is 55.2 Å². The molecular weight excluding hydrogens is 264 g/mol. The Morgan fingerprint density at radius 2 is 1.71 bits per heavy atom. The fourth-order valence-corrected chi connectivity index (χ4v) is 2.33. The summed E-state index contributed by atoms with van der Waals surface area (Å²) in [6, 6.07) is 11.1. The summed E-state index contributed by atoms with van der Waals surface area (Å²) >= 11 is 0. The Bertz CT molecular complexity index is 666. The van der Waals surface area contributed by atoms with Crippen LogP contribution in [0.4, 0.5) is 5.69 Å². The number of nitro benzene ring substituents is 1. The maximum atomic E-state index is 10.7. The molecular formula is C17H20N2O2. The van der Waals surface area contributed by atoms with E-state index in [4.69, 9.17) is 0 Å². The molecule has 4 nitrogen and oxygen atoms in total. The first-order valence-corrected chi connectivity index (χ1v) is 6.98. The lowest BCUT2D eigenvalue weighted by Crippen LogP contribution is -2.14. The first-order valence-electron chi connectivity index (χ1n) is 6.98. The molecule has 1 N–H and O–H groups in total. The molecule has 0 aliphatic carbocycles. The zero-order chi connectivity index (χ0) is 15.4. The van der Waals surface area contributed by atoms with E-state index >= 15 is 0 Å². The Kier molecular flexibility index (Phi) is 4.70. The van der Waals surface area contributed by atoms with Gasteiger partial charge in [0, 0.05) is 25.2 Å². The van der Waals surface area contributed by atoms with Crippen LogP contribution in [-0.4, -0.2) is 4.92 Å². The van der Waals surface area contributed by atoms with Crippen molar-refractivity contribution in [2.75, 3.05) is 0 Å². The highest BCUT2D eigenvalue weighted by Crippen LogP contribution is 2.16. The van der Waals surface area contributed by atoms with Crippen LogP contribution in [-0.2, 0) is 13.1 Å². The summed E-state index contributed by atoms with van der Waals surface area (Å²) in [5, 5.41) is 14.1. The number of nitrogens with zero attached hydrogens (tertiary/aromatic N) is 1. The maximum absolute atomic E-state index is 10.7. The lowest BCUT2D eigenvalue weighted by atomic mass is 10.0. The van der Waals surface area contributed by atoms with Gasteiger partial charge < -0.3 is 5.32 Å². The van der Waals surface area contributed by atoms with E-state index in [0.29, 0.717) is 6.54 Å². The van der Waals surface area contributed by atoms with Crippen LogP contribution in [0.3, 0.4) is 0 Å². The second-order valence-electron chi connectivity index (χ2n) is 5.39. The molecule has 0 aliphatic heterocycles. The van der Waals surface area contributed by atoms with E-state index in [9.17, 15) is 10.1 Å². The second kappa shape index (κ2) is 6.50. The van der Waals surface area contributed by atoms with Crippen LogP contribution in [0.2, 0.25) is 0 Å². The monoisotopic (exact) mass is 284 g/mol. The number of rotatable bonds is 5. The Labute approximate surface area is 125 Å². The Balaban J connectivity index is 2.00. The molecule has 0 saturated heterocycles. The van der Waals surface area contributed by atoms with Crippen molar-refractivity contribution in [1.29, 1.82) is 0 Å². The molecule has 2 aromatic rings. The summed E-state index contributed by atoms with van der Waals surface area (Å²) in [6.07, 6.45) is 0. The van der Waals surface area contributed by atoms with Crippen molar-refractivity contribution in [2.45, 2.75) is 33.9 Å². The maximum Gasteiger partial charge on any atom is 0.269 e. The Hall–Kier alpha value is -2.20. The third kappa shape index (κ3) is 3.89. The molecule has 2 rings (SSSR count). The van der Waals surface area contributed by atoms with E-state index in [2.05, 4.69) is 38.2 Å². The number of nitrogens with one attached hydrogen (secondary N) is 1. The summed E-state index contributed by atoms with van der Waals surface area (Å²) in [4.78, 5) is 10.4. The number of nitro groups is 1. The highest BCUT2D eigenvalue weighted by Gasteiger charge is 2.06. The van der Waals surface area contributed by atoms with Gasteiger partial charge in [0.1, 0.15) is 0 Å². The number of benzene rings is 2. The molecule has 0 fully saturated rings. The predicted molar refractivity (Wildman–Crippen MR) is 84.3 cm³/mol. The van der Waals surface area contributed by atoms with Crippen LogP contribution in [0.15, 0.2) is 36.4 Å². The number of hydrogen-bond acceptors (Lipinski definition) is 3. The molecule has 0 unspecified atom stereocenters. The van der Waals surface area contributed by atoms with Gasteiger partial charge in [-0.05, 0) is 48.6 Å². The van der Waals surface area contributed by atoms with Gasteiger partial charge in [0.2, 0.25) is 0 Å². The first-order chi connectivity index (χ1) is 9.97. The third-order valence-electron chi connectivity index (χ3n) is 3.72. The van der Waals surface area contributed by atoms with E-state index in [0.717, 1.165) is 12.1 Å². The van der Waals surface area contributed by atoms with Gasteiger partial charge >= 0.3 is 0 Å². The molecule has 0 aromatic heterocycles. The lowest BCUT2D eigenvalue weighted by molar-refractivity contribution is -0.384. The largest absolute Gasteiger partial charge is 0.309 e. The van der Waals surface area contributed by atoms with Crippen LogP contribution in [0.1, 0.15) is 27.8 Å². The molecule has 0 heterocycles. The van der Waals surface area contributed by atoms with Crippen molar-refractivity contribution < 1.29 is 4.92 Å². The molecule has 0 spiro atoms. The average molecular weight is 284 g/mol. The van der Waals surface area contributed by atoms with Crippen molar-refractivity contribution in [1.82, 2.24) is 5.32 Å². The molecule has 110 valence electrons. The predicted octanol–water partition coefficient (Wildman–Crippen LogP) is 3.81. The number of non-ortho nitro benzene ring substituents is 1. The Morgan fingerprint density at radius 1 is 1.00 bits per heavy atom. The van der Waals surface area contributed by atoms with Crippen molar-refractivity contribution in [3.8, 4) is 0 Å².